The van der Waals surface area contributed by atoms with Crippen LogP contribution in [-0.2, 0) is 23.6 Å². The summed E-state index contributed by atoms with van der Waals surface area (Å²) in [5, 5.41) is 3.21. The molecule has 138 valence electrons. The van der Waals surface area contributed by atoms with Crippen LogP contribution < -0.4 is 16.0 Å². The van der Waals surface area contributed by atoms with E-state index < -0.39 is 0 Å². The molecular weight excluding hydrogens is 350 g/mol. The molecule has 3 rings (SSSR count). The number of nitrogens with two attached hydrogens (primary N) is 1. The Kier molecular flexibility index (Phi) is 5.93. The van der Waals surface area contributed by atoms with E-state index in [2.05, 4.69) is 22.2 Å². The van der Waals surface area contributed by atoms with Gasteiger partial charge in [-0.1, -0.05) is 44.0 Å². The van der Waals surface area contributed by atoms with Crippen molar-refractivity contribution >= 4 is 35.1 Å². The maximum absolute atomic E-state index is 12.5. The number of hydrogen-bond donors (Lipinski definition) is 2. The predicted octanol–water partition coefficient (Wildman–Crippen LogP) is 3.49. The topological polar surface area (TPSA) is 84.1 Å². The number of nitrogens with one attached hydrogen (secondary N) is 1. The molecule has 0 saturated carbocycles. The highest BCUT2D eigenvalue weighted by Gasteiger charge is 2.31. The van der Waals surface area contributed by atoms with E-state index in [1.807, 2.05) is 24.3 Å². The van der Waals surface area contributed by atoms with Crippen molar-refractivity contribution in [2.75, 3.05) is 22.5 Å². The molecule has 1 aliphatic heterocycles. The van der Waals surface area contributed by atoms with Crippen LogP contribution in [-0.4, -0.2) is 22.4 Å². The molecule has 3 N–H and O–H groups in total. The van der Waals surface area contributed by atoms with Gasteiger partial charge in [0.15, 0.2) is 0 Å². The molecule has 6 nitrogen and oxygen atoms in total. The van der Waals surface area contributed by atoms with Crippen molar-refractivity contribution in [1.29, 1.82) is 0 Å². The summed E-state index contributed by atoms with van der Waals surface area (Å²) >= 11 is 5.83. The molecule has 1 amide bonds. The highest BCUT2D eigenvalue weighted by molar-refractivity contribution is 6.17. The summed E-state index contributed by atoms with van der Waals surface area (Å²) in [5.41, 5.74) is 8.86. The quantitative estimate of drug-likeness (QED) is 0.546. The van der Waals surface area contributed by atoms with E-state index in [9.17, 15) is 4.79 Å². The average Bonchev–Trinajstić information content (AvgIpc) is 2.96. The number of anilines is 3. The van der Waals surface area contributed by atoms with E-state index >= 15 is 0 Å². The first-order valence-corrected chi connectivity index (χ1v) is 9.50. The van der Waals surface area contributed by atoms with E-state index in [-0.39, 0.29) is 12.3 Å². The fraction of sp³-hybridized carbons (Fsp3) is 0.421. The van der Waals surface area contributed by atoms with Gasteiger partial charge in [-0.25, -0.2) is 0 Å². The van der Waals surface area contributed by atoms with Gasteiger partial charge in [-0.15, -0.1) is 11.6 Å². The molecule has 2 aromatic rings. The number of unbranched alkanes of at least 4 members (excludes halogenated alkanes) is 2. The zero-order valence-electron chi connectivity index (χ0n) is 15.0. The number of carbonyl (C=O) groups is 1. The number of nitrogen functional groups attached to an aromatic ring is 1. The second-order valence-corrected chi connectivity index (χ2v) is 6.74. The molecular formula is C19H24ClN5O. The number of carbonyl (C=O) groups excluding carboxylic acids is 1. The lowest BCUT2D eigenvalue weighted by Crippen LogP contribution is -2.26. The second kappa shape index (κ2) is 8.36. The van der Waals surface area contributed by atoms with Crippen molar-refractivity contribution in [2.45, 2.75) is 45.0 Å². The fourth-order valence-electron chi connectivity index (χ4n) is 2.98. The van der Waals surface area contributed by atoms with Gasteiger partial charge in [-0.3, -0.25) is 9.69 Å². The number of halogens is 1. The van der Waals surface area contributed by atoms with Gasteiger partial charge in [0, 0.05) is 18.0 Å². The molecule has 0 aliphatic carbocycles. The van der Waals surface area contributed by atoms with Crippen molar-refractivity contribution in [3.63, 3.8) is 0 Å². The summed E-state index contributed by atoms with van der Waals surface area (Å²) in [6.07, 6.45) is 3.60. The van der Waals surface area contributed by atoms with Gasteiger partial charge in [-0.2, -0.15) is 9.97 Å². The molecule has 0 atom stereocenters. The van der Waals surface area contributed by atoms with Crippen LogP contribution in [0.15, 0.2) is 24.3 Å². The highest BCUT2D eigenvalue weighted by Crippen LogP contribution is 2.32. The lowest BCUT2D eigenvalue weighted by Gasteiger charge is -2.18. The molecule has 0 saturated heterocycles. The molecule has 0 spiro atoms. The Morgan fingerprint density at radius 1 is 1.19 bits per heavy atom. The first-order chi connectivity index (χ1) is 12.6. The monoisotopic (exact) mass is 373 g/mol. The SMILES string of the molecule is CCCCCNc1nc(N)c2c(n1)N(Cc1ccc(CCl)cc1)C(=O)C2. The molecule has 7 heteroatoms. The smallest absolute Gasteiger partial charge is 0.233 e. The number of hydrogen-bond acceptors (Lipinski definition) is 5. The number of aromatic nitrogens is 2. The Hall–Kier alpha value is -2.34. The van der Waals surface area contributed by atoms with E-state index in [1.54, 1.807) is 4.90 Å². The lowest BCUT2D eigenvalue weighted by atomic mass is 10.1. The van der Waals surface area contributed by atoms with Gasteiger partial charge in [0.05, 0.1) is 13.0 Å². The Bertz CT molecular complexity index is 778. The van der Waals surface area contributed by atoms with Gasteiger partial charge in [0.1, 0.15) is 11.6 Å². The molecule has 0 fully saturated rings. The normalized spacial score (nSPS) is 13.2. The maximum atomic E-state index is 12.5. The number of nitrogens with zero attached hydrogens (tertiary/aromatic N) is 3. The standard InChI is InChI=1S/C19H24ClN5O/c1-2-3-4-9-22-19-23-17(21)15-10-16(26)25(18(15)24-19)12-14-7-5-13(11-20)6-8-14/h5-8H,2-4,9-12H2,1H3,(H3,21,22,23,24). The zero-order chi connectivity index (χ0) is 18.5. The van der Waals surface area contributed by atoms with E-state index in [0.29, 0.717) is 35.6 Å². The summed E-state index contributed by atoms with van der Waals surface area (Å²) in [4.78, 5) is 23.0. The molecule has 0 unspecified atom stereocenters. The Morgan fingerprint density at radius 2 is 1.92 bits per heavy atom. The zero-order valence-corrected chi connectivity index (χ0v) is 15.7. The number of alkyl halides is 1. The third-order valence-electron chi connectivity index (χ3n) is 4.48. The molecule has 26 heavy (non-hydrogen) atoms. The molecule has 0 bridgehead atoms. The molecule has 1 aliphatic rings. The van der Waals surface area contributed by atoms with Crippen molar-refractivity contribution < 1.29 is 4.79 Å². The first kappa shape index (κ1) is 18.5. The van der Waals surface area contributed by atoms with Crippen LogP contribution >= 0.6 is 11.6 Å². The summed E-state index contributed by atoms with van der Waals surface area (Å²) in [6.45, 7) is 3.41. The van der Waals surface area contributed by atoms with Crippen molar-refractivity contribution in [2.24, 2.45) is 0 Å². The Balaban J connectivity index is 1.78. The van der Waals surface area contributed by atoms with Crippen LogP contribution in [0.25, 0.3) is 0 Å². The largest absolute Gasteiger partial charge is 0.383 e. The molecule has 1 aromatic heterocycles. The Morgan fingerprint density at radius 3 is 2.62 bits per heavy atom. The van der Waals surface area contributed by atoms with E-state index in [0.717, 1.165) is 36.9 Å². The summed E-state index contributed by atoms with van der Waals surface area (Å²) in [6, 6.07) is 7.91. The lowest BCUT2D eigenvalue weighted by molar-refractivity contribution is -0.117. The molecule has 2 heterocycles. The summed E-state index contributed by atoms with van der Waals surface area (Å²) < 4.78 is 0. The highest BCUT2D eigenvalue weighted by atomic mass is 35.5. The summed E-state index contributed by atoms with van der Waals surface area (Å²) in [5.74, 6) is 1.94. The number of benzene rings is 1. The summed E-state index contributed by atoms with van der Waals surface area (Å²) in [7, 11) is 0. The number of amides is 1. The predicted molar refractivity (Wildman–Crippen MR) is 105 cm³/mol. The van der Waals surface area contributed by atoms with Crippen LogP contribution in [0, 0.1) is 0 Å². The minimum atomic E-state index is -0.00875. The Labute approximate surface area is 158 Å². The minimum absolute atomic E-state index is 0.00875. The average molecular weight is 374 g/mol. The van der Waals surface area contributed by atoms with Crippen LogP contribution in [0.1, 0.15) is 42.9 Å². The fourth-order valence-corrected chi connectivity index (χ4v) is 3.16. The van der Waals surface area contributed by atoms with Crippen LogP contribution in [0.2, 0.25) is 0 Å². The van der Waals surface area contributed by atoms with Crippen molar-refractivity contribution in [3.8, 4) is 0 Å². The van der Waals surface area contributed by atoms with Gasteiger partial charge in [0.2, 0.25) is 11.9 Å². The van der Waals surface area contributed by atoms with E-state index in [1.165, 1.54) is 0 Å². The number of rotatable bonds is 8. The first-order valence-electron chi connectivity index (χ1n) is 8.96. The van der Waals surface area contributed by atoms with Gasteiger partial charge < -0.3 is 11.1 Å². The van der Waals surface area contributed by atoms with Crippen LogP contribution in [0.4, 0.5) is 17.6 Å². The van der Waals surface area contributed by atoms with Gasteiger partial charge in [-0.05, 0) is 17.5 Å². The van der Waals surface area contributed by atoms with Gasteiger partial charge in [0.25, 0.3) is 0 Å². The van der Waals surface area contributed by atoms with Crippen molar-refractivity contribution in [1.82, 2.24) is 9.97 Å². The van der Waals surface area contributed by atoms with Crippen LogP contribution in [0.5, 0.6) is 0 Å². The van der Waals surface area contributed by atoms with Crippen LogP contribution in [0.3, 0.4) is 0 Å². The van der Waals surface area contributed by atoms with E-state index in [4.69, 9.17) is 17.3 Å². The maximum Gasteiger partial charge on any atom is 0.233 e. The minimum Gasteiger partial charge on any atom is -0.383 e. The number of fused-ring (bicyclic) bond motifs is 1. The van der Waals surface area contributed by atoms with Gasteiger partial charge >= 0.3 is 0 Å². The third-order valence-corrected chi connectivity index (χ3v) is 4.79. The second-order valence-electron chi connectivity index (χ2n) is 6.48. The molecule has 1 aromatic carbocycles. The molecule has 0 radical (unpaired) electrons. The third kappa shape index (κ3) is 4.07. The van der Waals surface area contributed by atoms with Crippen molar-refractivity contribution in [3.05, 3.63) is 41.0 Å².